The van der Waals surface area contributed by atoms with E-state index in [1.165, 1.54) is 0 Å². The lowest BCUT2D eigenvalue weighted by atomic mass is 10.0. The van der Waals surface area contributed by atoms with E-state index in [1.54, 1.807) is 24.5 Å². The van der Waals surface area contributed by atoms with Gasteiger partial charge in [0.15, 0.2) is 0 Å². The molecule has 6 heteroatoms. The van der Waals surface area contributed by atoms with Crippen LogP contribution >= 0.6 is 0 Å². The highest BCUT2D eigenvalue weighted by molar-refractivity contribution is 5.94. The normalized spacial score (nSPS) is 11.8. The summed E-state index contributed by atoms with van der Waals surface area (Å²) in [7, 11) is 0. The first-order chi connectivity index (χ1) is 9.52. The average Bonchev–Trinajstić information content (AvgIpc) is 2.43. The molecule has 1 atom stereocenters. The molecule has 0 spiro atoms. The highest BCUT2D eigenvalue weighted by Crippen LogP contribution is 2.04. The minimum absolute atomic E-state index is 0.0741. The van der Waals surface area contributed by atoms with Crippen LogP contribution in [0.1, 0.15) is 27.2 Å². The van der Waals surface area contributed by atoms with Crippen LogP contribution in [0.3, 0.4) is 0 Å². The van der Waals surface area contributed by atoms with Gasteiger partial charge < -0.3 is 16.0 Å². The van der Waals surface area contributed by atoms with Crippen molar-refractivity contribution in [3.05, 3.63) is 24.5 Å². The van der Waals surface area contributed by atoms with Gasteiger partial charge in [-0.15, -0.1) is 0 Å². The van der Waals surface area contributed by atoms with Crippen LogP contribution in [0.4, 0.5) is 10.5 Å². The molecule has 0 aliphatic carbocycles. The number of carbonyl (C=O) groups excluding carboxylic acids is 2. The van der Waals surface area contributed by atoms with Crippen molar-refractivity contribution in [3.63, 3.8) is 0 Å². The van der Waals surface area contributed by atoms with Gasteiger partial charge in [0, 0.05) is 12.2 Å². The standard InChI is InChI=1S/C14H22N4O2/c1-4-12(10(2)3)18-14(20)16-9-13(19)17-11-6-5-7-15-8-11/h5-8,10,12H,4,9H2,1-3H3,(H,17,19)(H2,16,18,20). The third kappa shape index (κ3) is 5.69. The number of aromatic nitrogens is 1. The van der Waals surface area contributed by atoms with Gasteiger partial charge in [0.2, 0.25) is 5.91 Å². The van der Waals surface area contributed by atoms with Crippen molar-refractivity contribution in [1.82, 2.24) is 15.6 Å². The molecule has 1 heterocycles. The zero-order valence-corrected chi connectivity index (χ0v) is 12.1. The summed E-state index contributed by atoms with van der Waals surface area (Å²) in [6.07, 6.45) is 4.02. The van der Waals surface area contributed by atoms with Crippen molar-refractivity contribution in [2.45, 2.75) is 33.2 Å². The Kier molecular flexibility index (Phi) is 6.49. The van der Waals surface area contributed by atoms with E-state index < -0.39 is 0 Å². The maximum Gasteiger partial charge on any atom is 0.315 e. The van der Waals surface area contributed by atoms with Gasteiger partial charge in [0.05, 0.1) is 18.4 Å². The van der Waals surface area contributed by atoms with Crippen molar-refractivity contribution in [2.24, 2.45) is 5.92 Å². The lowest BCUT2D eigenvalue weighted by molar-refractivity contribution is -0.115. The largest absolute Gasteiger partial charge is 0.335 e. The molecule has 0 saturated carbocycles. The van der Waals surface area contributed by atoms with Gasteiger partial charge in [0.1, 0.15) is 0 Å². The molecular formula is C14H22N4O2. The van der Waals surface area contributed by atoms with Crippen LogP contribution in [-0.2, 0) is 4.79 Å². The van der Waals surface area contributed by atoms with Gasteiger partial charge in [-0.2, -0.15) is 0 Å². The Morgan fingerprint density at radius 1 is 1.35 bits per heavy atom. The van der Waals surface area contributed by atoms with E-state index in [1.807, 2.05) is 20.8 Å². The molecular weight excluding hydrogens is 256 g/mol. The zero-order valence-electron chi connectivity index (χ0n) is 12.1. The highest BCUT2D eigenvalue weighted by atomic mass is 16.2. The molecule has 0 fully saturated rings. The molecule has 1 aromatic rings. The van der Waals surface area contributed by atoms with Crippen molar-refractivity contribution < 1.29 is 9.59 Å². The summed E-state index contributed by atoms with van der Waals surface area (Å²) in [5, 5.41) is 8.03. The molecule has 1 unspecified atom stereocenters. The first kappa shape index (κ1) is 15.9. The fourth-order valence-corrected chi connectivity index (χ4v) is 1.76. The van der Waals surface area contributed by atoms with Crippen LogP contribution in [0.2, 0.25) is 0 Å². The number of nitrogens with one attached hydrogen (secondary N) is 3. The summed E-state index contributed by atoms with van der Waals surface area (Å²) in [4.78, 5) is 27.2. The van der Waals surface area contributed by atoms with Gasteiger partial charge in [-0.25, -0.2) is 4.79 Å². The Morgan fingerprint density at radius 2 is 2.10 bits per heavy atom. The predicted octanol–water partition coefficient (Wildman–Crippen LogP) is 1.75. The van der Waals surface area contributed by atoms with Crippen LogP contribution in [0, 0.1) is 5.92 Å². The van der Waals surface area contributed by atoms with Crippen LogP contribution in [-0.4, -0.2) is 29.5 Å². The second-order valence-corrected chi connectivity index (χ2v) is 4.88. The average molecular weight is 278 g/mol. The van der Waals surface area contributed by atoms with E-state index in [9.17, 15) is 9.59 Å². The van der Waals surface area contributed by atoms with Gasteiger partial charge in [0.25, 0.3) is 0 Å². The first-order valence-electron chi connectivity index (χ1n) is 6.77. The van der Waals surface area contributed by atoms with Crippen molar-refractivity contribution in [3.8, 4) is 0 Å². The van der Waals surface area contributed by atoms with Crippen LogP contribution in [0.25, 0.3) is 0 Å². The smallest absolute Gasteiger partial charge is 0.315 e. The first-order valence-corrected chi connectivity index (χ1v) is 6.77. The van der Waals surface area contributed by atoms with Crippen LogP contribution < -0.4 is 16.0 Å². The van der Waals surface area contributed by atoms with Crippen LogP contribution in [0.15, 0.2) is 24.5 Å². The second-order valence-electron chi connectivity index (χ2n) is 4.88. The van der Waals surface area contributed by atoms with E-state index in [2.05, 4.69) is 20.9 Å². The number of pyridine rings is 1. The minimum atomic E-state index is -0.327. The third-order valence-electron chi connectivity index (χ3n) is 2.92. The summed E-state index contributed by atoms with van der Waals surface area (Å²) in [5.41, 5.74) is 0.605. The van der Waals surface area contributed by atoms with Gasteiger partial charge in [-0.3, -0.25) is 9.78 Å². The Bertz CT molecular complexity index is 434. The van der Waals surface area contributed by atoms with Crippen LogP contribution in [0.5, 0.6) is 0 Å². The predicted molar refractivity (Wildman–Crippen MR) is 78.3 cm³/mol. The second kappa shape index (κ2) is 8.14. The molecule has 0 aromatic carbocycles. The Hall–Kier alpha value is -2.11. The van der Waals surface area contributed by atoms with Gasteiger partial charge >= 0.3 is 6.03 Å². The molecule has 1 rings (SSSR count). The molecule has 20 heavy (non-hydrogen) atoms. The number of carbonyl (C=O) groups is 2. The molecule has 1 aromatic heterocycles. The minimum Gasteiger partial charge on any atom is -0.335 e. The maximum atomic E-state index is 11.7. The summed E-state index contributed by atoms with van der Waals surface area (Å²) in [6.45, 7) is 6.03. The molecule has 0 bridgehead atoms. The Labute approximate surface area is 119 Å². The molecule has 0 radical (unpaired) electrons. The van der Waals surface area contributed by atoms with Crippen molar-refractivity contribution in [1.29, 1.82) is 0 Å². The van der Waals surface area contributed by atoms with E-state index >= 15 is 0 Å². The number of rotatable bonds is 6. The topological polar surface area (TPSA) is 83.1 Å². The van der Waals surface area contributed by atoms with E-state index in [-0.39, 0.29) is 24.5 Å². The summed E-state index contributed by atoms with van der Waals surface area (Å²) in [6, 6.07) is 3.24. The maximum absolute atomic E-state index is 11.7. The van der Waals surface area contributed by atoms with Gasteiger partial charge in [-0.05, 0) is 24.5 Å². The number of urea groups is 1. The molecule has 6 nitrogen and oxygen atoms in total. The third-order valence-corrected chi connectivity index (χ3v) is 2.92. The molecule has 0 aliphatic heterocycles. The SMILES string of the molecule is CCC(NC(=O)NCC(=O)Nc1cccnc1)C(C)C. The highest BCUT2D eigenvalue weighted by Gasteiger charge is 2.14. The van der Waals surface area contributed by atoms with Gasteiger partial charge in [-0.1, -0.05) is 20.8 Å². The number of amides is 3. The Morgan fingerprint density at radius 3 is 2.65 bits per heavy atom. The number of hydrogen-bond acceptors (Lipinski definition) is 3. The lowest BCUT2D eigenvalue weighted by Gasteiger charge is -2.20. The number of anilines is 1. The molecule has 0 saturated heterocycles. The molecule has 0 aliphatic rings. The van der Waals surface area contributed by atoms with E-state index in [4.69, 9.17) is 0 Å². The summed E-state index contributed by atoms with van der Waals surface area (Å²) in [5.74, 6) is 0.0701. The van der Waals surface area contributed by atoms with Crippen molar-refractivity contribution in [2.75, 3.05) is 11.9 Å². The van der Waals surface area contributed by atoms with E-state index in [0.717, 1.165) is 6.42 Å². The monoisotopic (exact) mass is 278 g/mol. The molecule has 3 N–H and O–H groups in total. The summed E-state index contributed by atoms with van der Waals surface area (Å²) >= 11 is 0. The fraction of sp³-hybridized carbons (Fsp3) is 0.500. The number of hydrogen-bond donors (Lipinski definition) is 3. The van der Waals surface area contributed by atoms with E-state index in [0.29, 0.717) is 11.6 Å². The van der Waals surface area contributed by atoms with Crippen molar-refractivity contribution >= 4 is 17.6 Å². The zero-order chi connectivity index (χ0) is 15.0. The molecule has 110 valence electrons. The lowest BCUT2D eigenvalue weighted by Crippen LogP contribution is -2.46. The summed E-state index contributed by atoms with van der Waals surface area (Å²) < 4.78 is 0. The molecule has 3 amide bonds. The Balaban J connectivity index is 2.32. The fourth-order valence-electron chi connectivity index (χ4n) is 1.76. The number of nitrogens with zero attached hydrogens (tertiary/aromatic N) is 1. The quantitative estimate of drug-likeness (QED) is 0.741.